The molecule has 0 bridgehead atoms. The Morgan fingerprint density at radius 2 is 2.00 bits per heavy atom. The van der Waals surface area contributed by atoms with Gasteiger partial charge in [0, 0.05) is 11.5 Å². The molecule has 0 saturated heterocycles. The van der Waals surface area contributed by atoms with Crippen LogP contribution in [0.15, 0.2) is 42.5 Å². The third-order valence-electron chi connectivity index (χ3n) is 5.02. The van der Waals surface area contributed by atoms with Crippen LogP contribution in [0.4, 0.5) is 0 Å². The van der Waals surface area contributed by atoms with E-state index in [1.807, 2.05) is 30.3 Å². The summed E-state index contributed by atoms with van der Waals surface area (Å²) in [6.07, 6.45) is 2.82. The molecule has 0 unspecified atom stereocenters. The van der Waals surface area contributed by atoms with Crippen LogP contribution in [0.1, 0.15) is 28.8 Å². The fourth-order valence-electron chi connectivity index (χ4n) is 3.47. The number of aromatic amines is 2. The average Bonchev–Trinajstić information content (AvgIpc) is 3.39. The predicted molar refractivity (Wildman–Crippen MR) is 121 cm³/mol. The van der Waals surface area contributed by atoms with E-state index in [0.717, 1.165) is 39.9 Å². The van der Waals surface area contributed by atoms with Gasteiger partial charge in [-0.25, -0.2) is 4.98 Å². The smallest absolute Gasteiger partial charge is 0.268 e. The second-order valence-corrected chi connectivity index (χ2v) is 7.91. The number of fused-ring (bicyclic) bond motifs is 2. The van der Waals surface area contributed by atoms with Crippen molar-refractivity contribution in [3.63, 3.8) is 0 Å². The van der Waals surface area contributed by atoms with Crippen molar-refractivity contribution in [3.8, 4) is 11.5 Å². The Labute approximate surface area is 178 Å². The Bertz CT molecular complexity index is 1150. The van der Waals surface area contributed by atoms with Crippen molar-refractivity contribution in [2.75, 3.05) is 26.2 Å². The van der Waals surface area contributed by atoms with Crippen molar-refractivity contribution in [3.05, 3.63) is 54.0 Å². The van der Waals surface area contributed by atoms with Gasteiger partial charge in [-0.15, -0.1) is 0 Å². The van der Waals surface area contributed by atoms with Gasteiger partial charge in [0.05, 0.1) is 36.8 Å². The monoisotopic (exact) mass is 424 g/mol. The molecule has 30 heavy (non-hydrogen) atoms. The van der Waals surface area contributed by atoms with Gasteiger partial charge in [0.25, 0.3) is 5.91 Å². The highest BCUT2D eigenvalue weighted by Crippen LogP contribution is 2.31. The van der Waals surface area contributed by atoms with E-state index in [2.05, 4.69) is 26.5 Å². The first-order valence-electron chi connectivity index (χ1n) is 9.62. The van der Waals surface area contributed by atoms with Gasteiger partial charge in [-0.2, -0.15) is 11.8 Å². The van der Waals surface area contributed by atoms with E-state index in [1.54, 1.807) is 38.1 Å². The lowest BCUT2D eigenvalue weighted by atomic mass is 10.2. The van der Waals surface area contributed by atoms with Crippen LogP contribution in [0.3, 0.4) is 0 Å². The molecular weight excluding hydrogens is 400 g/mol. The molecule has 1 atom stereocenters. The third-order valence-corrected chi connectivity index (χ3v) is 5.66. The zero-order valence-electron chi connectivity index (χ0n) is 17.1. The lowest BCUT2D eigenvalue weighted by Gasteiger charge is -2.15. The number of imidazole rings is 1. The zero-order chi connectivity index (χ0) is 21.1. The second-order valence-electron chi connectivity index (χ2n) is 6.92. The molecule has 2 aromatic carbocycles. The molecule has 0 fully saturated rings. The van der Waals surface area contributed by atoms with Gasteiger partial charge >= 0.3 is 0 Å². The maximum Gasteiger partial charge on any atom is 0.268 e. The summed E-state index contributed by atoms with van der Waals surface area (Å²) in [7, 11) is 3.19. The number of amides is 1. The van der Waals surface area contributed by atoms with Crippen molar-refractivity contribution >= 4 is 39.6 Å². The van der Waals surface area contributed by atoms with Crippen molar-refractivity contribution in [1.82, 2.24) is 20.3 Å². The SMILES string of the molecule is COc1cc(OC)c2[nH]c(C(=O)N[C@@H](CCSC)c3nc4ccccc4[nH]3)cc2c1. The molecule has 0 spiro atoms. The van der Waals surface area contributed by atoms with E-state index >= 15 is 0 Å². The zero-order valence-corrected chi connectivity index (χ0v) is 17.9. The van der Waals surface area contributed by atoms with Crippen molar-refractivity contribution in [2.24, 2.45) is 0 Å². The number of nitrogens with one attached hydrogen (secondary N) is 3. The van der Waals surface area contributed by atoms with Crippen LogP contribution in [-0.4, -0.2) is 47.1 Å². The van der Waals surface area contributed by atoms with Gasteiger partial charge in [0.15, 0.2) is 0 Å². The molecule has 156 valence electrons. The fourth-order valence-corrected chi connectivity index (χ4v) is 3.94. The number of hydrogen-bond acceptors (Lipinski definition) is 5. The first-order chi connectivity index (χ1) is 14.6. The Hall–Kier alpha value is -3.13. The van der Waals surface area contributed by atoms with Gasteiger partial charge in [0.1, 0.15) is 23.0 Å². The average molecular weight is 425 g/mol. The van der Waals surface area contributed by atoms with E-state index in [9.17, 15) is 4.79 Å². The lowest BCUT2D eigenvalue weighted by Crippen LogP contribution is -2.30. The Balaban J connectivity index is 1.63. The van der Waals surface area contributed by atoms with Crippen LogP contribution in [0.5, 0.6) is 11.5 Å². The van der Waals surface area contributed by atoms with Gasteiger partial charge in [0.2, 0.25) is 0 Å². The highest BCUT2D eigenvalue weighted by atomic mass is 32.2. The highest BCUT2D eigenvalue weighted by Gasteiger charge is 2.21. The number of rotatable bonds is 8. The van der Waals surface area contributed by atoms with E-state index in [1.165, 1.54) is 0 Å². The summed E-state index contributed by atoms with van der Waals surface area (Å²) < 4.78 is 10.8. The van der Waals surface area contributed by atoms with E-state index < -0.39 is 0 Å². The third kappa shape index (κ3) is 3.95. The minimum atomic E-state index is -0.222. The van der Waals surface area contributed by atoms with E-state index in [-0.39, 0.29) is 11.9 Å². The molecule has 2 aromatic heterocycles. The van der Waals surface area contributed by atoms with Crippen LogP contribution in [0, 0.1) is 0 Å². The highest BCUT2D eigenvalue weighted by molar-refractivity contribution is 7.98. The number of hydrogen-bond donors (Lipinski definition) is 3. The molecule has 4 aromatic rings. The van der Waals surface area contributed by atoms with Gasteiger partial charge in [-0.05, 0) is 42.7 Å². The number of nitrogens with zero attached hydrogens (tertiary/aromatic N) is 1. The Morgan fingerprint density at radius 1 is 1.17 bits per heavy atom. The molecule has 0 aliphatic heterocycles. The number of methoxy groups -OCH3 is 2. The van der Waals surface area contributed by atoms with Crippen LogP contribution < -0.4 is 14.8 Å². The molecule has 0 saturated carbocycles. The topological polar surface area (TPSA) is 92.0 Å². The fraction of sp³-hybridized carbons (Fsp3) is 0.273. The van der Waals surface area contributed by atoms with Crippen LogP contribution in [0.2, 0.25) is 0 Å². The Kier molecular flexibility index (Phi) is 5.85. The number of carbonyl (C=O) groups excluding carboxylic acids is 1. The van der Waals surface area contributed by atoms with Gasteiger partial charge in [-0.3, -0.25) is 4.79 Å². The summed E-state index contributed by atoms with van der Waals surface area (Å²) in [5.74, 6) is 2.76. The lowest BCUT2D eigenvalue weighted by molar-refractivity contribution is 0.0930. The summed E-state index contributed by atoms with van der Waals surface area (Å²) in [5.41, 5.74) is 3.06. The standard InChI is InChI=1S/C22H24N4O3S/c1-28-14-10-13-11-18(23-20(13)19(12-14)29-2)22(27)26-17(8-9-30-3)21-24-15-6-4-5-7-16(15)25-21/h4-7,10-12,17,23H,8-9H2,1-3H3,(H,24,25)(H,26,27)/t17-/m0/s1. The normalized spacial score (nSPS) is 12.2. The summed E-state index contributed by atoms with van der Waals surface area (Å²) in [4.78, 5) is 24.3. The minimum Gasteiger partial charge on any atom is -0.497 e. The largest absolute Gasteiger partial charge is 0.497 e. The number of para-hydroxylation sites is 2. The molecule has 0 aliphatic carbocycles. The van der Waals surface area contributed by atoms with Crippen LogP contribution in [0.25, 0.3) is 21.9 Å². The molecular formula is C22H24N4O3S. The maximum atomic E-state index is 13.1. The predicted octanol–water partition coefficient (Wildman–Crippen LogP) is 4.29. The summed E-state index contributed by atoms with van der Waals surface area (Å²) >= 11 is 1.74. The van der Waals surface area contributed by atoms with Crippen molar-refractivity contribution in [1.29, 1.82) is 0 Å². The Morgan fingerprint density at radius 3 is 2.73 bits per heavy atom. The quantitative estimate of drug-likeness (QED) is 0.393. The van der Waals surface area contributed by atoms with Gasteiger partial charge < -0.3 is 24.8 Å². The molecule has 1 amide bonds. The minimum absolute atomic E-state index is 0.196. The molecule has 0 aliphatic rings. The molecule has 2 heterocycles. The molecule has 0 radical (unpaired) electrons. The number of ether oxygens (including phenoxy) is 2. The first kappa shape index (κ1) is 20.2. The van der Waals surface area contributed by atoms with Crippen LogP contribution >= 0.6 is 11.8 Å². The molecule has 4 rings (SSSR count). The number of H-pyrrole nitrogens is 2. The van der Waals surface area contributed by atoms with Gasteiger partial charge in [-0.1, -0.05) is 12.1 Å². The molecule has 7 nitrogen and oxygen atoms in total. The summed E-state index contributed by atoms with van der Waals surface area (Å²) in [6, 6.07) is 13.1. The first-order valence-corrected chi connectivity index (χ1v) is 11.0. The van der Waals surface area contributed by atoms with Crippen molar-refractivity contribution in [2.45, 2.75) is 12.5 Å². The molecule has 3 N–H and O–H groups in total. The summed E-state index contributed by atoms with van der Waals surface area (Å²) in [6.45, 7) is 0. The van der Waals surface area contributed by atoms with E-state index in [4.69, 9.17) is 9.47 Å². The number of aromatic nitrogens is 3. The van der Waals surface area contributed by atoms with Crippen molar-refractivity contribution < 1.29 is 14.3 Å². The summed E-state index contributed by atoms with van der Waals surface area (Å²) in [5, 5.41) is 3.97. The number of thioether (sulfide) groups is 1. The number of benzene rings is 2. The second kappa shape index (κ2) is 8.71. The molecule has 8 heteroatoms. The maximum absolute atomic E-state index is 13.1. The van der Waals surface area contributed by atoms with E-state index in [0.29, 0.717) is 17.2 Å². The number of carbonyl (C=O) groups is 1. The van der Waals surface area contributed by atoms with Crippen LogP contribution in [-0.2, 0) is 0 Å².